The minimum Gasteiger partial charge on any atom is -0.481 e. The van der Waals surface area contributed by atoms with E-state index in [0.29, 0.717) is 38.1 Å². The normalized spacial score (nSPS) is 43.1. The van der Waals surface area contributed by atoms with E-state index in [2.05, 4.69) is 96.7 Å². The van der Waals surface area contributed by atoms with Crippen LogP contribution < -0.4 is 5.73 Å². The van der Waals surface area contributed by atoms with Gasteiger partial charge in [0, 0.05) is 21.8 Å². The molecule has 4 fully saturated rings. The third-order valence-electron chi connectivity index (χ3n) is 16.5. The first-order valence-electron chi connectivity index (χ1n) is 19.1. The number of hydrogen-bond acceptors (Lipinski definition) is 9. The number of fused-ring (bicyclic) bond motifs is 3. The number of nitrogens with zero attached hydrogens (tertiary/aromatic N) is 5. The fraction of sp³-hybridized carbons (Fsp3) is 0.872. The number of aromatic nitrogens is 4. The van der Waals surface area contributed by atoms with E-state index in [1.807, 2.05) is 13.0 Å². The van der Waals surface area contributed by atoms with Crippen LogP contribution in [-0.4, -0.2) is 87.5 Å². The Labute approximate surface area is 299 Å². The number of carboxylic acids is 1. The van der Waals surface area contributed by atoms with Crippen molar-refractivity contribution in [3.05, 3.63) is 11.6 Å². The van der Waals surface area contributed by atoms with Gasteiger partial charge in [-0.25, -0.2) is 0 Å². The van der Waals surface area contributed by atoms with Crippen molar-refractivity contribution in [1.29, 1.82) is 0 Å². The highest BCUT2D eigenvalue weighted by Gasteiger charge is 2.74. The molecular weight excluding hydrogens is 632 g/mol. The Morgan fingerprint density at radius 2 is 1.82 bits per heavy atom. The summed E-state index contributed by atoms with van der Waals surface area (Å²) in [4.78, 5) is 32.4. The Bertz CT molecular complexity index is 1530. The van der Waals surface area contributed by atoms with Crippen molar-refractivity contribution in [2.75, 3.05) is 39.6 Å². The molecule has 50 heavy (non-hydrogen) atoms. The van der Waals surface area contributed by atoms with E-state index < -0.39 is 39.0 Å². The van der Waals surface area contributed by atoms with Crippen LogP contribution >= 0.6 is 0 Å². The van der Waals surface area contributed by atoms with Crippen molar-refractivity contribution in [2.45, 2.75) is 119 Å². The zero-order chi connectivity index (χ0) is 37.0. The van der Waals surface area contributed by atoms with E-state index in [4.69, 9.17) is 15.2 Å². The number of carboxylic acid groups (broad SMARTS) is 1. The summed E-state index contributed by atoms with van der Waals surface area (Å²) in [6, 6.07) is -0.285. The molecule has 0 spiro atoms. The number of hydrogen-bond donors (Lipinski definition) is 2. The number of nitrogen functional groups attached to an aromatic ring is 1. The van der Waals surface area contributed by atoms with Gasteiger partial charge >= 0.3 is 5.97 Å². The summed E-state index contributed by atoms with van der Waals surface area (Å²) in [6.45, 7) is 23.4. The first-order chi connectivity index (χ1) is 23.1. The van der Waals surface area contributed by atoms with Crippen molar-refractivity contribution in [3.63, 3.8) is 0 Å². The van der Waals surface area contributed by atoms with Crippen LogP contribution in [0.2, 0.25) is 0 Å². The molecule has 2 heterocycles. The summed E-state index contributed by atoms with van der Waals surface area (Å²) < 4.78 is 13.8. The average molecular weight is 697 g/mol. The maximum absolute atomic E-state index is 15.0. The monoisotopic (exact) mass is 696 g/mol. The van der Waals surface area contributed by atoms with Gasteiger partial charge in [-0.1, -0.05) is 73.0 Å². The number of aliphatic carboxylic acids is 1. The van der Waals surface area contributed by atoms with Gasteiger partial charge in [0.05, 0.1) is 31.8 Å². The molecule has 1 aromatic heterocycles. The number of tetrazole rings is 1. The zero-order valence-corrected chi connectivity index (χ0v) is 32.7. The van der Waals surface area contributed by atoms with Gasteiger partial charge in [-0.3, -0.25) is 9.59 Å². The molecule has 2 bridgehead atoms. The van der Waals surface area contributed by atoms with E-state index in [1.165, 1.54) is 0 Å². The Hall–Kier alpha value is -2.37. The van der Waals surface area contributed by atoms with Crippen LogP contribution in [0.25, 0.3) is 0 Å². The highest BCUT2D eigenvalue weighted by atomic mass is 16.5. The minimum absolute atomic E-state index is 0.0421. The summed E-state index contributed by atoms with van der Waals surface area (Å²) in [5, 5.41) is 24.1. The standard InChI is InChI=1S/C39H64N6O5/c1-22(2)24(5)34(6)15-16-36(8)25-13-14-28-35(7)19-49-21-39(28,26(25)17-29(46)38(36,10)30(34)32(47)48)18-27(45-42-33(40)41-43-45)31(35)50-20-37(9,23(3)4)44(11)12/h17,22-25,27-28,30-31H,13-16,18-21H2,1-12H3,(H2,40,42)(H,47,48)/t24-,25+,27-,28+,30-,31+,34-,35-,36-,37+,38+,39+/m1/s1. The lowest BCUT2D eigenvalue weighted by atomic mass is 9.34. The molecule has 0 aromatic carbocycles. The Kier molecular flexibility index (Phi) is 9.04. The summed E-state index contributed by atoms with van der Waals surface area (Å²) >= 11 is 0. The van der Waals surface area contributed by atoms with Crippen LogP contribution in [0.4, 0.5) is 5.95 Å². The molecule has 6 rings (SSSR count). The van der Waals surface area contributed by atoms with E-state index in [0.717, 1.165) is 31.3 Å². The second-order valence-corrected chi connectivity index (χ2v) is 19.1. The maximum atomic E-state index is 15.0. The highest BCUT2D eigenvalue weighted by Crippen LogP contribution is 2.74. The number of rotatable bonds is 9. The number of ketones is 1. The molecule has 1 aromatic rings. The molecule has 1 saturated heterocycles. The van der Waals surface area contributed by atoms with Gasteiger partial charge in [0.1, 0.15) is 6.04 Å². The second kappa shape index (κ2) is 12.1. The summed E-state index contributed by atoms with van der Waals surface area (Å²) in [5.41, 5.74) is 4.07. The number of anilines is 1. The van der Waals surface area contributed by atoms with Crippen LogP contribution in [-0.2, 0) is 19.1 Å². The molecule has 0 radical (unpaired) electrons. The molecule has 280 valence electrons. The van der Waals surface area contributed by atoms with Crippen molar-refractivity contribution in [1.82, 2.24) is 25.1 Å². The smallest absolute Gasteiger partial charge is 0.308 e. The number of ether oxygens (including phenoxy) is 2. The topological polar surface area (TPSA) is 146 Å². The number of allylic oxidation sites excluding steroid dienone is 1. The lowest BCUT2D eigenvalue weighted by Crippen LogP contribution is -2.70. The largest absolute Gasteiger partial charge is 0.481 e. The number of carbonyl (C=O) groups excluding carboxylic acids is 1. The molecule has 11 nitrogen and oxygen atoms in total. The van der Waals surface area contributed by atoms with Gasteiger partial charge in [-0.15, -0.1) is 5.10 Å². The van der Waals surface area contributed by atoms with E-state index in [1.54, 1.807) is 4.80 Å². The summed E-state index contributed by atoms with van der Waals surface area (Å²) in [7, 11) is 4.21. The molecule has 0 amide bonds. The van der Waals surface area contributed by atoms with E-state index in [9.17, 15) is 9.90 Å². The van der Waals surface area contributed by atoms with E-state index in [-0.39, 0.29) is 47.2 Å². The third-order valence-corrected chi connectivity index (χ3v) is 16.5. The van der Waals surface area contributed by atoms with Gasteiger partial charge in [-0.2, -0.15) is 4.80 Å². The fourth-order valence-corrected chi connectivity index (χ4v) is 12.3. The Balaban J connectivity index is 1.47. The SMILES string of the molecule is CC(C)[C@@H](C)[C@@]1(C)CC[C@]2(C)[C@H]3CC[C@@H]4[C@@]5(COC[C@@]4(C)[C@@H](OC[C@@](C)(C(C)C)N(C)C)[C@H](n4nnc(N)n4)C5)C3=CC(=O)[C@@]2(C)[C@@H]1C(=O)O. The molecule has 4 aliphatic carbocycles. The molecular formula is C39H64N6O5. The minimum atomic E-state index is -1.04. The predicted molar refractivity (Wildman–Crippen MR) is 192 cm³/mol. The summed E-state index contributed by atoms with van der Waals surface area (Å²) in [6.07, 6.45) is 5.69. The van der Waals surface area contributed by atoms with Crippen molar-refractivity contribution < 1.29 is 24.2 Å². The molecule has 3 N–H and O–H groups in total. The van der Waals surface area contributed by atoms with Crippen LogP contribution in [0.3, 0.4) is 0 Å². The van der Waals surface area contributed by atoms with Gasteiger partial charge in [-0.05, 0) is 105 Å². The second-order valence-electron chi connectivity index (χ2n) is 19.1. The molecule has 0 unspecified atom stereocenters. The average Bonchev–Trinajstić information content (AvgIpc) is 3.46. The van der Waals surface area contributed by atoms with E-state index >= 15 is 4.79 Å². The van der Waals surface area contributed by atoms with Crippen molar-refractivity contribution in [2.24, 2.45) is 62.6 Å². The molecule has 11 heteroatoms. The Morgan fingerprint density at radius 1 is 1.14 bits per heavy atom. The third kappa shape index (κ3) is 4.87. The van der Waals surface area contributed by atoms with Gasteiger partial charge in [0.25, 0.3) is 5.95 Å². The first-order valence-corrected chi connectivity index (χ1v) is 19.1. The Morgan fingerprint density at radius 3 is 2.38 bits per heavy atom. The zero-order valence-electron chi connectivity index (χ0n) is 32.7. The van der Waals surface area contributed by atoms with Crippen molar-refractivity contribution in [3.8, 4) is 0 Å². The predicted octanol–water partition coefficient (Wildman–Crippen LogP) is 5.93. The summed E-state index contributed by atoms with van der Waals surface area (Å²) in [5.74, 6) is -0.518. The number of carbonyl (C=O) groups is 2. The van der Waals surface area contributed by atoms with Crippen LogP contribution in [0, 0.1) is 62.6 Å². The quantitative estimate of drug-likeness (QED) is 0.319. The van der Waals surface area contributed by atoms with Crippen molar-refractivity contribution >= 4 is 17.7 Å². The maximum Gasteiger partial charge on any atom is 0.308 e. The molecule has 1 aliphatic heterocycles. The van der Waals surface area contributed by atoms with Crippen LogP contribution in [0.5, 0.6) is 0 Å². The van der Waals surface area contributed by atoms with Gasteiger partial charge in [0.15, 0.2) is 5.78 Å². The van der Waals surface area contributed by atoms with Crippen LogP contribution in [0.15, 0.2) is 11.6 Å². The van der Waals surface area contributed by atoms with Gasteiger partial charge < -0.3 is 25.2 Å². The molecule has 3 saturated carbocycles. The lowest BCUT2D eigenvalue weighted by Gasteiger charge is -2.70. The first kappa shape index (κ1) is 37.4. The van der Waals surface area contributed by atoms with Crippen LogP contribution in [0.1, 0.15) is 107 Å². The highest BCUT2D eigenvalue weighted by molar-refractivity contribution is 6.00. The number of nitrogens with two attached hydrogens (primary N) is 1. The lowest BCUT2D eigenvalue weighted by molar-refractivity contribution is -0.254. The fourth-order valence-electron chi connectivity index (χ4n) is 12.3. The molecule has 12 atom stereocenters. The van der Waals surface area contributed by atoms with Gasteiger partial charge in [0.2, 0.25) is 0 Å². The number of likely N-dealkylation sites (N-methyl/N-ethyl adjacent to an activating group) is 1. The molecule has 5 aliphatic rings.